The number of hydrogen-bond acceptors (Lipinski definition) is 4. The Morgan fingerprint density at radius 1 is 1.23 bits per heavy atom. The van der Waals surface area contributed by atoms with Crippen molar-refractivity contribution in [2.24, 2.45) is 11.8 Å². The Balaban J connectivity index is 1.58. The van der Waals surface area contributed by atoms with Crippen molar-refractivity contribution in [1.29, 1.82) is 0 Å². The van der Waals surface area contributed by atoms with Crippen LogP contribution in [0.2, 0.25) is 4.34 Å². The lowest BCUT2D eigenvalue weighted by molar-refractivity contribution is -0.124. The lowest BCUT2D eigenvalue weighted by Gasteiger charge is -2.23. The summed E-state index contributed by atoms with van der Waals surface area (Å²) in [6.07, 6.45) is 2.19. The Morgan fingerprint density at radius 3 is 2.73 bits per heavy atom. The molecule has 1 aliphatic carbocycles. The Bertz CT molecular complexity index is 876. The van der Waals surface area contributed by atoms with Crippen LogP contribution in [0.4, 0.5) is 0 Å². The fourth-order valence-electron chi connectivity index (χ4n) is 5.29. The van der Waals surface area contributed by atoms with E-state index in [4.69, 9.17) is 16.3 Å². The van der Waals surface area contributed by atoms with Crippen molar-refractivity contribution in [2.45, 2.75) is 50.4 Å². The van der Waals surface area contributed by atoms with E-state index in [1.165, 1.54) is 11.3 Å². The van der Waals surface area contributed by atoms with Gasteiger partial charge in [0.25, 0.3) is 0 Å². The smallest absolute Gasteiger partial charge is 0.149 e. The van der Waals surface area contributed by atoms with Crippen LogP contribution < -0.4 is 0 Å². The lowest BCUT2D eigenvalue weighted by Crippen LogP contribution is -2.31. The van der Waals surface area contributed by atoms with Crippen LogP contribution in [0.15, 0.2) is 30.3 Å². The number of benzene rings is 1. The molecule has 0 radical (unpaired) electrons. The van der Waals surface area contributed by atoms with Gasteiger partial charge in [0, 0.05) is 10.8 Å². The predicted molar refractivity (Wildman–Crippen MR) is 103 cm³/mol. The maximum Gasteiger partial charge on any atom is 0.149 e. The van der Waals surface area contributed by atoms with Crippen molar-refractivity contribution in [3.8, 4) is 10.4 Å². The maximum absolute atomic E-state index is 13.2. The van der Waals surface area contributed by atoms with E-state index in [1.807, 2.05) is 12.1 Å². The van der Waals surface area contributed by atoms with E-state index in [0.717, 1.165) is 45.2 Å². The molecule has 136 valence electrons. The van der Waals surface area contributed by atoms with Gasteiger partial charge in [0.15, 0.2) is 0 Å². The van der Waals surface area contributed by atoms with Gasteiger partial charge in [0.1, 0.15) is 5.78 Å². The summed E-state index contributed by atoms with van der Waals surface area (Å²) < 4.78 is 6.67. The number of carbonyl (C=O) groups excluding carboxylic acids is 1. The Hall–Kier alpha value is -1.20. The number of aryl methyl sites for hydroxylation is 1. The summed E-state index contributed by atoms with van der Waals surface area (Å²) in [5.41, 5.74) is 3.19. The number of carbonyl (C=O) groups is 1. The Morgan fingerprint density at radius 2 is 2.04 bits per heavy atom. The van der Waals surface area contributed by atoms with Crippen molar-refractivity contribution >= 4 is 28.7 Å². The van der Waals surface area contributed by atoms with Crippen molar-refractivity contribution < 1.29 is 14.6 Å². The number of fused-ring (bicyclic) bond motifs is 5. The first-order chi connectivity index (χ1) is 12.6. The van der Waals surface area contributed by atoms with Gasteiger partial charge in [-0.1, -0.05) is 30.7 Å². The highest BCUT2D eigenvalue weighted by Crippen LogP contribution is 2.54. The van der Waals surface area contributed by atoms with Crippen LogP contribution in [0.5, 0.6) is 0 Å². The van der Waals surface area contributed by atoms with Crippen LogP contribution in [0.25, 0.3) is 10.4 Å². The second kappa shape index (κ2) is 6.16. The second-order valence-corrected chi connectivity index (χ2v) is 9.35. The largest absolute Gasteiger partial charge is 0.392 e. The lowest BCUT2D eigenvalue weighted by atomic mass is 9.81. The van der Waals surface area contributed by atoms with Gasteiger partial charge in [0.05, 0.1) is 34.5 Å². The van der Waals surface area contributed by atoms with Gasteiger partial charge in [-0.05, 0) is 54.2 Å². The molecule has 3 nitrogen and oxygen atoms in total. The number of ether oxygens (including phenoxy) is 1. The summed E-state index contributed by atoms with van der Waals surface area (Å²) in [4.78, 5) is 14.3. The van der Waals surface area contributed by atoms with Gasteiger partial charge in [-0.2, -0.15) is 0 Å². The number of ketones is 1. The zero-order chi connectivity index (χ0) is 18.0. The number of rotatable bonds is 3. The second-order valence-electron chi connectivity index (χ2n) is 7.64. The summed E-state index contributed by atoms with van der Waals surface area (Å²) in [7, 11) is 0. The van der Waals surface area contributed by atoms with Gasteiger partial charge >= 0.3 is 0 Å². The predicted octanol–water partition coefficient (Wildman–Crippen LogP) is 4.45. The summed E-state index contributed by atoms with van der Waals surface area (Å²) in [6.45, 7) is 2.10. The molecule has 1 saturated carbocycles. The molecule has 3 fully saturated rings. The summed E-state index contributed by atoms with van der Waals surface area (Å²) in [5.74, 6) is -0.415. The van der Waals surface area contributed by atoms with Crippen LogP contribution in [0, 0.1) is 11.8 Å². The van der Waals surface area contributed by atoms with Gasteiger partial charge in [-0.3, -0.25) is 4.79 Å². The molecule has 1 aromatic carbocycles. The Labute approximate surface area is 161 Å². The third kappa shape index (κ3) is 2.36. The quantitative estimate of drug-likeness (QED) is 0.844. The molecule has 1 N–H and O–H groups in total. The number of Topliss-reactive ketones (excluding diaryl/α,β-unsaturated/α-hetero) is 1. The molecule has 3 heterocycles. The monoisotopic (exact) mass is 388 g/mol. The highest BCUT2D eigenvalue weighted by molar-refractivity contribution is 7.19. The molecule has 6 atom stereocenters. The highest BCUT2D eigenvalue weighted by atomic mass is 35.5. The van der Waals surface area contributed by atoms with E-state index in [0.29, 0.717) is 0 Å². The molecular weight excluding hydrogens is 368 g/mol. The fraction of sp³-hybridized carbons (Fsp3) is 0.476. The minimum atomic E-state index is -0.643. The summed E-state index contributed by atoms with van der Waals surface area (Å²) >= 11 is 7.63. The van der Waals surface area contributed by atoms with Crippen LogP contribution in [0.1, 0.15) is 36.8 Å². The van der Waals surface area contributed by atoms with Crippen molar-refractivity contribution in [3.63, 3.8) is 0 Å². The van der Waals surface area contributed by atoms with Crippen molar-refractivity contribution in [3.05, 3.63) is 45.8 Å². The molecule has 2 bridgehead atoms. The zero-order valence-corrected chi connectivity index (χ0v) is 16.1. The molecule has 26 heavy (non-hydrogen) atoms. The van der Waals surface area contributed by atoms with Crippen molar-refractivity contribution in [1.82, 2.24) is 0 Å². The SMILES string of the molecule is CCc1ccc(-c2ccc(Cl)s2)cc1C1C(=O)C2C3CCC(O3)C2C1O. The number of thiophene rings is 1. The Kier molecular flexibility index (Phi) is 4.02. The van der Waals surface area contributed by atoms with E-state index in [2.05, 4.69) is 25.1 Å². The molecule has 2 aromatic rings. The molecular formula is C21H21ClO3S. The van der Waals surface area contributed by atoms with Gasteiger partial charge < -0.3 is 9.84 Å². The normalized spacial score (nSPS) is 35.3. The van der Waals surface area contributed by atoms with Crippen LogP contribution in [-0.4, -0.2) is 29.2 Å². The van der Waals surface area contributed by atoms with Gasteiger partial charge in [-0.15, -0.1) is 11.3 Å². The summed E-state index contributed by atoms with van der Waals surface area (Å²) in [6, 6.07) is 10.2. The third-order valence-electron chi connectivity index (χ3n) is 6.42. The zero-order valence-electron chi connectivity index (χ0n) is 14.5. The molecule has 0 amide bonds. The molecule has 5 heteroatoms. The number of hydrogen-bond donors (Lipinski definition) is 1. The number of aliphatic hydroxyl groups is 1. The van der Waals surface area contributed by atoms with Gasteiger partial charge in [0.2, 0.25) is 0 Å². The van der Waals surface area contributed by atoms with E-state index in [-0.39, 0.29) is 29.8 Å². The van der Waals surface area contributed by atoms with Crippen LogP contribution >= 0.6 is 22.9 Å². The average Bonchev–Trinajstić information content (AvgIpc) is 3.39. The van der Waals surface area contributed by atoms with E-state index in [9.17, 15) is 9.90 Å². The molecule has 3 aliphatic rings. The molecule has 2 saturated heterocycles. The maximum atomic E-state index is 13.2. The number of aliphatic hydroxyl groups excluding tert-OH is 1. The molecule has 5 rings (SSSR count). The first kappa shape index (κ1) is 16.9. The third-order valence-corrected chi connectivity index (χ3v) is 7.70. The van der Waals surface area contributed by atoms with Crippen LogP contribution in [0.3, 0.4) is 0 Å². The number of halogens is 1. The van der Waals surface area contributed by atoms with Crippen LogP contribution in [-0.2, 0) is 16.0 Å². The minimum absolute atomic E-state index is 0.0153. The van der Waals surface area contributed by atoms with E-state index in [1.54, 1.807) is 0 Å². The van der Waals surface area contributed by atoms with Gasteiger partial charge in [-0.25, -0.2) is 0 Å². The summed E-state index contributed by atoms with van der Waals surface area (Å²) in [5, 5.41) is 11.1. The molecule has 6 unspecified atom stereocenters. The van der Waals surface area contributed by atoms with Crippen molar-refractivity contribution in [2.75, 3.05) is 0 Å². The average molecular weight is 389 g/mol. The topological polar surface area (TPSA) is 46.5 Å². The highest BCUT2D eigenvalue weighted by Gasteiger charge is 2.62. The molecule has 2 aliphatic heterocycles. The standard InChI is InChI=1S/C21H21ClO3S/c1-2-10-3-4-11(15-7-8-16(22)26-15)9-12(10)17-20(23)18-13-5-6-14(25-13)19(18)21(17)24/h3-4,7-9,13-14,17-20,23H,2,5-6H2,1H3. The first-order valence-corrected chi connectivity index (χ1v) is 10.5. The molecule has 1 aromatic heterocycles. The first-order valence-electron chi connectivity index (χ1n) is 9.34. The fourth-order valence-corrected chi connectivity index (χ4v) is 6.32. The van der Waals surface area contributed by atoms with E-state index >= 15 is 0 Å². The molecule has 0 spiro atoms. The minimum Gasteiger partial charge on any atom is -0.392 e. The van der Waals surface area contributed by atoms with E-state index < -0.39 is 12.0 Å².